The van der Waals surface area contributed by atoms with Crippen molar-refractivity contribution in [2.45, 2.75) is 6.04 Å². The molecule has 2 N–H and O–H groups in total. The minimum absolute atomic E-state index is 0.343. The second kappa shape index (κ2) is 3.70. The molecule has 1 nitrogen and oxygen atoms in total. The topological polar surface area (TPSA) is 26.0 Å². The Morgan fingerprint density at radius 1 is 1.50 bits per heavy atom. The number of terminal acetylenes is 1. The van der Waals surface area contributed by atoms with Crippen molar-refractivity contribution in [3.05, 3.63) is 34.1 Å². The molecule has 0 amide bonds. The van der Waals surface area contributed by atoms with Crippen LogP contribution >= 0.6 is 15.9 Å². The first kappa shape index (κ1) is 9.24. The number of rotatable bonds is 1. The van der Waals surface area contributed by atoms with Gasteiger partial charge in [0.15, 0.2) is 0 Å². The molecule has 1 atom stereocenters. The van der Waals surface area contributed by atoms with Gasteiger partial charge in [-0.3, -0.25) is 0 Å². The van der Waals surface area contributed by atoms with E-state index in [4.69, 9.17) is 12.2 Å². The summed E-state index contributed by atoms with van der Waals surface area (Å²) in [7, 11) is 0. The second-order valence-corrected chi connectivity index (χ2v) is 3.26. The van der Waals surface area contributed by atoms with Crippen LogP contribution in [0.4, 0.5) is 4.39 Å². The van der Waals surface area contributed by atoms with Crippen molar-refractivity contribution in [2.24, 2.45) is 5.73 Å². The molecular weight excluding hydrogens is 221 g/mol. The van der Waals surface area contributed by atoms with Gasteiger partial charge in [0.25, 0.3) is 0 Å². The molecule has 12 heavy (non-hydrogen) atoms. The monoisotopic (exact) mass is 227 g/mol. The van der Waals surface area contributed by atoms with E-state index in [1.165, 1.54) is 12.1 Å². The maximum atomic E-state index is 12.8. The van der Waals surface area contributed by atoms with Crippen LogP contribution in [0.25, 0.3) is 0 Å². The molecule has 1 unspecified atom stereocenters. The van der Waals surface area contributed by atoms with E-state index in [0.717, 1.165) is 0 Å². The third kappa shape index (κ3) is 2.07. The highest BCUT2D eigenvalue weighted by atomic mass is 79.9. The predicted molar refractivity (Wildman–Crippen MR) is 49.9 cm³/mol. The van der Waals surface area contributed by atoms with Gasteiger partial charge in [-0.05, 0) is 23.8 Å². The molecule has 1 aromatic carbocycles. The van der Waals surface area contributed by atoms with Crippen molar-refractivity contribution in [3.63, 3.8) is 0 Å². The van der Waals surface area contributed by atoms with E-state index in [2.05, 4.69) is 21.9 Å². The van der Waals surface area contributed by atoms with Crippen molar-refractivity contribution in [3.8, 4) is 12.3 Å². The second-order valence-electron chi connectivity index (χ2n) is 2.35. The minimum Gasteiger partial charge on any atom is -0.314 e. The summed E-state index contributed by atoms with van der Waals surface area (Å²) in [5, 5.41) is 0. The third-order valence-corrected chi connectivity index (χ3v) is 1.88. The lowest BCUT2D eigenvalue weighted by atomic mass is 10.1. The highest BCUT2D eigenvalue weighted by Crippen LogP contribution is 2.18. The Morgan fingerprint density at radius 3 is 2.67 bits per heavy atom. The van der Waals surface area contributed by atoms with E-state index in [0.29, 0.717) is 10.0 Å². The molecule has 0 heterocycles. The van der Waals surface area contributed by atoms with Gasteiger partial charge >= 0.3 is 0 Å². The van der Waals surface area contributed by atoms with Crippen LogP contribution in [0.2, 0.25) is 0 Å². The lowest BCUT2D eigenvalue weighted by Crippen LogP contribution is -2.07. The van der Waals surface area contributed by atoms with E-state index < -0.39 is 6.04 Å². The Kier molecular flexibility index (Phi) is 2.85. The molecule has 3 heteroatoms. The molecule has 0 bridgehead atoms. The van der Waals surface area contributed by atoms with E-state index >= 15 is 0 Å². The van der Waals surface area contributed by atoms with Crippen LogP contribution in [0.1, 0.15) is 11.6 Å². The van der Waals surface area contributed by atoms with E-state index in [1.54, 1.807) is 6.07 Å². The van der Waals surface area contributed by atoms with Crippen LogP contribution in [0, 0.1) is 18.2 Å². The van der Waals surface area contributed by atoms with E-state index in [9.17, 15) is 4.39 Å². The summed E-state index contributed by atoms with van der Waals surface area (Å²) in [6.07, 6.45) is 5.09. The van der Waals surface area contributed by atoms with E-state index in [1.807, 2.05) is 0 Å². The Morgan fingerprint density at radius 2 is 2.17 bits per heavy atom. The molecule has 0 aliphatic carbocycles. The fourth-order valence-electron chi connectivity index (χ4n) is 0.851. The van der Waals surface area contributed by atoms with Gasteiger partial charge in [0, 0.05) is 4.47 Å². The predicted octanol–water partition coefficient (Wildman–Crippen LogP) is 2.22. The van der Waals surface area contributed by atoms with Crippen LogP contribution in [0.5, 0.6) is 0 Å². The van der Waals surface area contributed by atoms with Crippen LogP contribution in [-0.4, -0.2) is 0 Å². The summed E-state index contributed by atoms with van der Waals surface area (Å²) >= 11 is 3.15. The van der Waals surface area contributed by atoms with E-state index in [-0.39, 0.29) is 5.82 Å². The summed E-state index contributed by atoms with van der Waals surface area (Å²) in [5.41, 5.74) is 6.11. The summed E-state index contributed by atoms with van der Waals surface area (Å²) in [5.74, 6) is 1.98. The number of hydrogen-bond donors (Lipinski definition) is 1. The standard InChI is InChI=1S/C9H7BrFN/c1-2-9(12)6-3-7(10)5-8(11)4-6/h1,3-5,9H,12H2. The summed E-state index contributed by atoms with van der Waals surface area (Å²) < 4.78 is 13.4. The molecule has 0 radical (unpaired) electrons. The Bertz CT molecular complexity index is 310. The minimum atomic E-state index is -0.544. The maximum absolute atomic E-state index is 12.8. The Labute approximate surface area is 78.9 Å². The zero-order valence-electron chi connectivity index (χ0n) is 6.22. The highest BCUT2D eigenvalue weighted by molar-refractivity contribution is 9.10. The number of nitrogens with two attached hydrogens (primary N) is 1. The first-order valence-corrected chi connectivity index (χ1v) is 4.10. The first-order valence-electron chi connectivity index (χ1n) is 3.31. The molecule has 0 aliphatic rings. The zero-order valence-corrected chi connectivity index (χ0v) is 7.81. The maximum Gasteiger partial charge on any atom is 0.124 e. The third-order valence-electron chi connectivity index (χ3n) is 1.42. The molecule has 1 rings (SSSR count). The summed E-state index contributed by atoms with van der Waals surface area (Å²) in [6.45, 7) is 0. The Hall–Kier alpha value is -0.850. The number of benzene rings is 1. The van der Waals surface area contributed by atoms with Gasteiger partial charge in [-0.1, -0.05) is 21.9 Å². The number of halogens is 2. The lowest BCUT2D eigenvalue weighted by Gasteiger charge is -2.04. The fraction of sp³-hybridized carbons (Fsp3) is 0.111. The average molecular weight is 228 g/mol. The fourth-order valence-corrected chi connectivity index (χ4v) is 1.33. The summed E-state index contributed by atoms with van der Waals surface area (Å²) in [4.78, 5) is 0. The molecule has 0 aromatic heterocycles. The average Bonchev–Trinajstić information content (AvgIpc) is 2.01. The van der Waals surface area contributed by atoms with Gasteiger partial charge in [-0.25, -0.2) is 4.39 Å². The SMILES string of the molecule is C#CC(N)c1cc(F)cc(Br)c1. The van der Waals surface area contributed by atoms with Crippen LogP contribution in [0.3, 0.4) is 0 Å². The molecule has 0 spiro atoms. The van der Waals surface area contributed by atoms with Crippen LogP contribution in [-0.2, 0) is 0 Å². The van der Waals surface area contributed by atoms with Crippen molar-refractivity contribution >= 4 is 15.9 Å². The summed E-state index contributed by atoms with van der Waals surface area (Å²) in [6, 6.07) is 3.84. The molecule has 0 saturated carbocycles. The van der Waals surface area contributed by atoms with Gasteiger partial charge in [0.2, 0.25) is 0 Å². The largest absolute Gasteiger partial charge is 0.314 e. The zero-order chi connectivity index (χ0) is 9.14. The van der Waals surface area contributed by atoms with Crippen molar-refractivity contribution in [1.82, 2.24) is 0 Å². The molecule has 1 aromatic rings. The van der Waals surface area contributed by atoms with Gasteiger partial charge in [0.1, 0.15) is 5.82 Å². The smallest absolute Gasteiger partial charge is 0.124 e. The van der Waals surface area contributed by atoms with Gasteiger partial charge in [-0.2, -0.15) is 0 Å². The molecule has 0 fully saturated rings. The van der Waals surface area contributed by atoms with Crippen molar-refractivity contribution in [2.75, 3.05) is 0 Å². The van der Waals surface area contributed by atoms with Gasteiger partial charge in [0.05, 0.1) is 6.04 Å². The van der Waals surface area contributed by atoms with Crippen molar-refractivity contribution in [1.29, 1.82) is 0 Å². The lowest BCUT2D eigenvalue weighted by molar-refractivity contribution is 0.623. The van der Waals surface area contributed by atoms with Crippen LogP contribution < -0.4 is 5.73 Å². The van der Waals surface area contributed by atoms with Gasteiger partial charge < -0.3 is 5.73 Å². The Balaban J connectivity index is 3.10. The molecular formula is C9H7BrFN. The van der Waals surface area contributed by atoms with Crippen molar-refractivity contribution < 1.29 is 4.39 Å². The molecule has 0 saturated heterocycles. The van der Waals surface area contributed by atoms with Crippen LogP contribution in [0.15, 0.2) is 22.7 Å². The molecule has 62 valence electrons. The molecule has 0 aliphatic heterocycles. The highest BCUT2D eigenvalue weighted by Gasteiger charge is 2.04. The normalized spacial score (nSPS) is 12.2. The first-order chi connectivity index (χ1) is 5.63. The quantitative estimate of drug-likeness (QED) is 0.732. The van der Waals surface area contributed by atoms with Gasteiger partial charge in [-0.15, -0.1) is 6.42 Å². The number of hydrogen-bond acceptors (Lipinski definition) is 1.